The molecule has 1 aliphatic heterocycles. The maximum absolute atomic E-state index is 5.50. The van der Waals surface area contributed by atoms with E-state index in [0.29, 0.717) is 5.92 Å². The summed E-state index contributed by atoms with van der Waals surface area (Å²) in [6.45, 7) is 6.08. The van der Waals surface area contributed by atoms with Crippen LogP contribution in [0.15, 0.2) is 0 Å². The summed E-state index contributed by atoms with van der Waals surface area (Å²) in [5.74, 6) is 0.568. The van der Waals surface area contributed by atoms with Crippen LogP contribution in [0.3, 0.4) is 0 Å². The van der Waals surface area contributed by atoms with Gasteiger partial charge in [-0.2, -0.15) is 0 Å². The molecule has 0 amide bonds. The Morgan fingerprint density at radius 1 is 0.938 bits per heavy atom. The lowest BCUT2D eigenvalue weighted by Crippen LogP contribution is -2.18. The molecular formula is C14H28O2. The first-order valence-corrected chi connectivity index (χ1v) is 7.07. The lowest BCUT2D eigenvalue weighted by molar-refractivity contribution is -0.0806. The first kappa shape index (κ1) is 14.0. The molecule has 96 valence electrons. The van der Waals surface area contributed by atoms with Gasteiger partial charge in [-0.3, -0.25) is 0 Å². The van der Waals surface area contributed by atoms with Crippen molar-refractivity contribution in [1.82, 2.24) is 0 Å². The highest BCUT2D eigenvalue weighted by Gasteiger charge is 2.22. The minimum absolute atomic E-state index is 0.0834. The maximum Gasteiger partial charge on any atom is 0.160 e. The first-order chi connectivity index (χ1) is 7.84. The Hall–Kier alpha value is -0.0800. The first-order valence-electron chi connectivity index (χ1n) is 7.07. The Kier molecular flexibility index (Phi) is 7.87. The summed E-state index contributed by atoms with van der Waals surface area (Å²) in [7, 11) is 0. The fraction of sp³-hybridized carbons (Fsp3) is 1.00. The second kappa shape index (κ2) is 9.00. The van der Waals surface area contributed by atoms with E-state index >= 15 is 0 Å². The number of rotatable bonds is 9. The molecule has 0 aromatic carbocycles. The monoisotopic (exact) mass is 228 g/mol. The number of hydrogen-bond donors (Lipinski definition) is 0. The van der Waals surface area contributed by atoms with E-state index in [1.54, 1.807) is 0 Å². The summed E-state index contributed by atoms with van der Waals surface area (Å²) in [5.41, 5.74) is 0. The third kappa shape index (κ3) is 5.86. The highest BCUT2D eigenvalue weighted by atomic mass is 16.7. The summed E-state index contributed by atoms with van der Waals surface area (Å²) in [4.78, 5) is 0. The van der Waals surface area contributed by atoms with Crippen molar-refractivity contribution in [2.75, 3.05) is 13.2 Å². The quantitative estimate of drug-likeness (QED) is 0.552. The Balaban J connectivity index is 1.86. The summed E-state index contributed by atoms with van der Waals surface area (Å²) in [5, 5.41) is 0. The van der Waals surface area contributed by atoms with Gasteiger partial charge in [-0.05, 0) is 6.42 Å². The minimum atomic E-state index is 0.0834. The Labute approximate surface area is 101 Å². The molecule has 0 N–H and O–H groups in total. The highest BCUT2D eigenvalue weighted by Crippen LogP contribution is 2.20. The highest BCUT2D eigenvalue weighted by molar-refractivity contribution is 4.62. The molecule has 1 rings (SSSR count). The van der Waals surface area contributed by atoms with Crippen LogP contribution in [0.25, 0.3) is 0 Å². The second-order valence-corrected chi connectivity index (χ2v) is 5.00. The van der Waals surface area contributed by atoms with E-state index in [1.807, 2.05) is 0 Å². The average Bonchev–Trinajstić information content (AvgIpc) is 2.81. The van der Waals surface area contributed by atoms with Crippen LogP contribution in [-0.4, -0.2) is 19.5 Å². The van der Waals surface area contributed by atoms with Crippen LogP contribution in [0.4, 0.5) is 0 Å². The third-order valence-corrected chi connectivity index (χ3v) is 3.38. The molecule has 1 heterocycles. The summed E-state index contributed by atoms with van der Waals surface area (Å²) >= 11 is 0. The molecule has 1 saturated heterocycles. The lowest BCUT2D eigenvalue weighted by atomic mass is 10.0. The van der Waals surface area contributed by atoms with Crippen LogP contribution < -0.4 is 0 Å². The Morgan fingerprint density at radius 2 is 1.50 bits per heavy atom. The second-order valence-electron chi connectivity index (χ2n) is 5.00. The van der Waals surface area contributed by atoms with E-state index in [-0.39, 0.29) is 6.29 Å². The molecule has 2 nitrogen and oxygen atoms in total. The molecule has 1 fully saturated rings. The zero-order chi connectivity index (χ0) is 11.6. The van der Waals surface area contributed by atoms with Crippen molar-refractivity contribution in [3.05, 3.63) is 0 Å². The smallest absolute Gasteiger partial charge is 0.160 e. The summed E-state index contributed by atoms with van der Waals surface area (Å²) in [6.07, 6.45) is 11.0. The van der Waals surface area contributed by atoms with E-state index in [2.05, 4.69) is 13.8 Å². The van der Waals surface area contributed by atoms with Crippen LogP contribution in [0.5, 0.6) is 0 Å². The molecule has 0 aromatic heterocycles. The standard InChI is InChI=1S/C14H28O2/c1-3-4-5-6-7-8-9-10-13(2)14-15-11-12-16-14/h13-14H,3-12H2,1-2H3. The molecule has 0 bridgehead atoms. The predicted molar refractivity (Wildman–Crippen MR) is 67.5 cm³/mol. The van der Waals surface area contributed by atoms with Crippen molar-refractivity contribution >= 4 is 0 Å². The van der Waals surface area contributed by atoms with Gasteiger partial charge in [-0.15, -0.1) is 0 Å². The zero-order valence-corrected chi connectivity index (χ0v) is 11.0. The zero-order valence-electron chi connectivity index (χ0n) is 11.0. The lowest BCUT2D eigenvalue weighted by Gasteiger charge is -2.17. The fourth-order valence-corrected chi connectivity index (χ4v) is 2.26. The molecule has 0 aliphatic carbocycles. The number of ether oxygens (including phenoxy) is 2. The van der Waals surface area contributed by atoms with Gasteiger partial charge >= 0.3 is 0 Å². The number of hydrogen-bond acceptors (Lipinski definition) is 2. The molecule has 1 atom stereocenters. The largest absolute Gasteiger partial charge is 0.350 e. The van der Waals surface area contributed by atoms with Crippen molar-refractivity contribution in [3.63, 3.8) is 0 Å². The molecule has 0 radical (unpaired) electrons. The van der Waals surface area contributed by atoms with E-state index in [4.69, 9.17) is 9.47 Å². The van der Waals surface area contributed by atoms with Crippen molar-refractivity contribution in [3.8, 4) is 0 Å². The van der Waals surface area contributed by atoms with Gasteiger partial charge in [0.15, 0.2) is 6.29 Å². The van der Waals surface area contributed by atoms with E-state index < -0.39 is 0 Å². The van der Waals surface area contributed by atoms with Gasteiger partial charge < -0.3 is 9.47 Å². The van der Waals surface area contributed by atoms with Crippen molar-refractivity contribution in [2.24, 2.45) is 5.92 Å². The van der Waals surface area contributed by atoms with Gasteiger partial charge in [0.05, 0.1) is 13.2 Å². The van der Waals surface area contributed by atoms with E-state index in [9.17, 15) is 0 Å². The topological polar surface area (TPSA) is 18.5 Å². The Morgan fingerprint density at radius 3 is 2.12 bits per heavy atom. The molecule has 1 aliphatic rings. The van der Waals surface area contributed by atoms with Gasteiger partial charge in [0.25, 0.3) is 0 Å². The van der Waals surface area contributed by atoms with Crippen LogP contribution in [0.2, 0.25) is 0 Å². The van der Waals surface area contributed by atoms with Crippen molar-refractivity contribution in [1.29, 1.82) is 0 Å². The van der Waals surface area contributed by atoms with Crippen LogP contribution in [-0.2, 0) is 9.47 Å². The maximum atomic E-state index is 5.50. The predicted octanol–water partition coefficient (Wildman–Crippen LogP) is 4.14. The molecule has 2 heteroatoms. The normalized spacial score (nSPS) is 19.1. The van der Waals surface area contributed by atoms with Crippen LogP contribution in [0, 0.1) is 5.92 Å². The summed E-state index contributed by atoms with van der Waals surface area (Å²) in [6, 6.07) is 0. The van der Waals surface area contributed by atoms with Crippen LogP contribution in [0.1, 0.15) is 65.2 Å². The summed E-state index contributed by atoms with van der Waals surface area (Å²) < 4.78 is 11.0. The molecule has 0 aromatic rings. The molecule has 16 heavy (non-hydrogen) atoms. The third-order valence-electron chi connectivity index (χ3n) is 3.38. The van der Waals surface area contributed by atoms with Gasteiger partial charge in [-0.25, -0.2) is 0 Å². The Bertz CT molecular complexity index is 153. The number of unbranched alkanes of at least 4 members (excludes halogenated alkanes) is 6. The fourth-order valence-electron chi connectivity index (χ4n) is 2.26. The molecular weight excluding hydrogens is 200 g/mol. The average molecular weight is 228 g/mol. The van der Waals surface area contributed by atoms with Gasteiger partial charge in [-0.1, -0.05) is 58.8 Å². The van der Waals surface area contributed by atoms with Gasteiger partial charge in [0, 0.05) is 5.92 Å². The molecule has 0 saturated carbocycles. The van der Waals surface area contributed by atoms with Crippen molar-refractivity contribution < 1.29 is 9.47 Å². The van der Waals surface area contributed by atoms with Crippen molar-refractivity contribution in [2.45, 2.75) is 71.5 Å². The van der Waals surface area contributed by atoms with E-state index in [1.165, 1.54) is 51.4 Å². The van der Waals surface area contributed by atoms with Crippen LogP contribution >= 0.6 is 0 Å². The van der Waals surface area contributed by atoms with Gasteiger partial charge in [0.1, 0.15) is 0 Å². The molecule has 0 spiro atoms. The van der Waals surface area contributed by atoms with Gasteiger partial charge in [0.2, 0.25) is 0 Å². The van der Waals surface area contributed by atoms with E-state index in [0.717, 1.165) is 13.2 Å². The SMILES string of the molecule is CCCCCCCCCC(C)C1OCCO1. The molecule has 1 unspecified atom stereocenters. The minimum Gasteiger partial charge on any atom is -0.350 e.